The predicted molar refractivity (Wildman–Crippen MR) is 66.7 cm³/mol. The maximum absolute atomic E-state index is 13.6. The zero-order valence-electron chi connectivity index (χ0n) is 9.45. The van der Waals surface area contributed by atoms with Gasteiger partial charge in [0.05, 0.1) is 5.56 Å². The minimum atomic E-state index is -2.85. The van der Waals surface area contributed by atoms with Crippen LogP contribution in [0.1, 0.15) is 17.6 Å². The molecule has 96 valence electrons. The molecule has 0 atom stereocenters. The first-order chi connectivity index (χ1) is 9.04. The molecule has 0 saturated carbocycles. The monoisotopic (exact) mass is 280 g/mol. The molecule has 1 aromatic heterocycles. The van der Waals surface area contributed by atoms with Crippen LogP contribution in [-0.4, -0.2) is 4.98 Å². The van der Waals surface area contributed by atoms with Crippen LogP contribution in [0.4, 0.5) is 13.2 Å². The van der Waals surface area contributed by atoms with E-state index in [1.165, 1.54) is 18.2 Å². The van der Waals surface area contributed by atoms with Crippen molar-refractivity contribution in [1.29, 1.82) is 5.26 Å². The number of hydrogen-bond acceptors (Lipinski definition) is 2. The van der Waals surface area contributed by atoms with E-state index in [-0.39, 0.29) is 21.5 Å². The van der Waals surface area contributed by atoms with Crippen molar-refractivity contribution in [1.82, 2.24) is 4.98 Å². The molecule has 19 heavy (non-hydrogen) atoms. The average molecular weight is 280 g/mol. The Morgan fingerprint density at radius 3 is 2.53 bits per heavy atom. The number of nitrogens with one attached hydrogen (secondary N) is 1. The highest BCUT2D eigenvalue weighted by Gasteiger charge is 2.17. The fraction of sp³-hybridized carbons (Fsp3) is 0.0769. The van der Waals surface area contributed by atoms with Crippen LogP contribution < -0.4 is 0 Å². The first-order valence-electron chi connectivity index (χ1n) is 5.25. The number of hydrogen-bond donors (Lipinski definition) is 1. The van der Waals surface area contributed by atoms with Crippen LogP contribution in [0, 0.1) is 21.8 Å². The normalized spacial score (nSPS) is 10.5. The van der Waals surface area contributed by atoms with Crippen LogP contribution in [0.25, 0.3) is 11.3 Å². The molecule has 0 aliphatic heterocycles. The number of aromatic nitrogens is 1. The third kappa shape index (κ3) is 2.51. The molecular weight excluding hydrogens is 273 g/mol. The van der Waals surface area contributed by atoms with Gasteiger partial charge in [-0.3, -0.25) is 0 Å². The molecule has 0 saturated heterocycles. The lowest BCUT2D eigenvalue weighted by molar-refractivity contribution is 0.151. The van der Waals surface area contributed by atoms with Gasteiger partial charge in [-0.2, -0.15) is 5.26 Å². The quantitative estimate of drug-likeness (QED) is 0.830. The van der Waals surface area contributed by atoms with Gasteiger partial charge in [0.15, 0.2) is 0 Å². The summed E-state index contributed by atoms with van der Waals surface area (Å²) >= 11 is 4.85. The van der Waals surface area contributed by atoms with E-state index < -0.39 is 17.8 Å². The molecule has 0 spiro atoms. The highest BCUT2D eigenvalue weighted by Crippen LogP contribution is 2.28. The van der Waals surface area contributed by atoms with Gasteiger partial charge in [0, 0.05) is 16.8 Å². The van der Waals surface area contributed by atoms with Gasteiger partial charge in [0.2, 0.25) is 0 Å². The summed E-state index contributed by atoms with van der Waals surface area (Å²) in [7, 11) is 0. The summed E-state index contributed by atoms with van der Waals surface area (Å²) < 4.78 is 39.3. The van der Waals surface area contributed by atoms with Crippen molar-refractivity contribution in [2.75, 3.05) is 0 Å². The highest BCUT2D eigenvalue weighted by molar-refractivity contribution is 7.71. The van der Waals surface area contributed by atoms with Gasteiger partial charge in [0.1, 0.15) is 16.5 Å². The molecule has 0 unspecified atom stereocenters. The first-order valence-corrected chi connectivity index (χ1v) is 5.65. The van der Waals surface area contributed by atoms with Gasteiger partial charge in [-0.1, -0.05) is 24.4 Å². The summed E-state index contributed by atoms with van der Waals surface area (Å²) in [6, 6.07) is 8.41. The minimum Gasteiger partial charge on any atom is -0.345 e. The Labute approximate surface area is 112 Å². The van der Waals surface area contributed by atoms with E-state index in [2.05, 4.69) is 4.98 Å². The largest absolute Gasteiger partial charge is 0.345 e. The lowest BCUT2D eigenvalue weighted by Gasteiger charge is -2.08. The molecule has 0 radical (unpaired) electrons. The van der Waals surface area contributed by atoms with E-state index in [1.54, 1.807) is 12.1 Å². The Bertz CT molecular complexity index is 717. The second kappa shape index (κ2) is 5.24. The van der Waals surface area contributed by atoms with Gasteiger partial charge in [-0.05, 0) is 18.2 Å². The second-order valence-corrected chi connectivity index (χ2v) is 4.14. The topological polar surface area (TPSA) is 39.6 Å². The summed E-state index contributed by atoms with van der Waals surface area (Å²) in [5.41, 5.74) is -0.535. The molecule has 1 aromatic carbocycles. The first kappa shape index (κ1) is 13.3. The number of pyridine rings is 1. The summed E-state index contributed by atoms with van der Waals surface area (Å²) in [6.45, 7) is 0. The van der Waals surface area contributed by atoms with Crippen LogP contribution in [0.3, 0.4) is 0 Å². The molecule has 0 fully saturated rings. The summed E-state index contributed by atoms with van der Waals surface area (Å²) in [4.78, 5) is 2.60. The lowest BCUT2D eigenvalue weighted by Crippen LogP contribution is -1.97. The van der Waals surface area contributed by atoms with Gasteiger partial charge in [0.25, 0.3) is 6.43 Å². The average Bonchev–Trinajstić information content (AvgIpc) is 2.38. The van der Waals surface area contributed by atoms with Crippen molar-refractivity contribution < 1.29 is 13.2 Å². The number of alkyl halides is 2. The molecule has 1 N–H and O–H groups in total. The van der Waals surface area contributed by atoms with Crippen LogP contribution in [0.15, 0.2) is 30.3 Å². The standard InChI is InChI=1S/C13H7F3N2S/c14-10-4-2-1-3-7(10)11-5-8(12(15)16)9(6-17)13(19)18-11/h1-5,12H,(H,18,19). The van der Waals surface area contributed by atoms with Crippen LogP contribution >= 0.6 is 12.2 Å². The molecule has 6 heteroatoms. The fourth-order valence-electron chi connectivity index (χ4n) is 1.69. The zero-order valence-corrected chi connectivity index (χ0v) is 10.3. The molecule has 0 bridgehead atoms. The smallest absolute Gasteiger partial charge is 0.265 e. The number of nitriles is 1. The zero-order chi connectivity index (χ0) is 14.0. The van der Waals surface area contributed by atoms with Gasteiger partial charge < -0.3 is 4.98 Å². The number of aromatic amines is 1. The summed E-state index contributed by atoms with van der Waals surface area (Å²) in [5.74, 6) is -0.557. The van der Waals surface area contributed by atoms with Gasteiger partial charge >= 0.3 is 0 Å². The van der Waals surface area contributed by atoms with Gasteiger partial charge in [-0.25, -0.2) is 13.2 Å². The van der Waals surface area contributed by atoms with E-state index in [0.717, 1.165) is 6.07 Å². The van der Waals surface area contributed by atoms with E-state index >= 15 is 0 Å². The van der Waals surface area contributed by atoms with Crippen LogP contribution in [0.5, 0.6) is 0 Å². The predicted octanol–water partition coefficient (Wildman–Crippen LogP) is 4.36. The van der Waals surface area contributed by atoms with Gasteiger partial charge in [-0.15, -0.1) is 0 Å². The third-order valence-electron chi connectivity index (χ3n) is 2.57. The van der Waals surface area contributed by atoms with Crippen molar-refractivity contribution in [2.24, 2.45) is 0 Å². The Kier molecular flexibility index (Phi) is 3.67. The molecule has 2 rings (SSSR count). The number of H-pyrrole nitrogens is 1. The van der Waals surface area contributed by atoms with Crippen molar-refractivity contribution in [2.45, 2.75) is 6.43 Å². The van der Waals surface area contributed by atoms with Crippen molar-refractivity contribution in [3.8, 4) is 17.3 Å². The summed E-state index contributed by atoms with van der Waals surface area (Å²) in [6.07, 6.45) is -2.85. The van der Waals surface area contributed by atoms with Crippen molar-refractivity contribution >= 4 is 12.2 Å². The minimum absolute atomic E-state index is 0.123. The third-order valence-corrected chi connectivity index (χ3v) is 2.88. The van der Waals surface area contributed by atoms with E-state index in [0.29, 0.717) is 0 Å². The second-order valence-electron chi connectivity index (χ2n) is 3.73. The maximum atomic E-state index is 13.6. The van der Waals surface area contributed by atoms with E-state index in [4.69, 9.17) is 17.5 Å². The van der Waals surface area contributed by atoms with E-state index in [9.17, 15) is 13.2 Å². The van der Waals surface area contributed by atoms with Crippen molar-refractivity contribution in [3.63, 3.8) is 0 Å². The number of nitrogens with zero attached hydrogens (tertiary/aromatic N) is 1. The molecule has 2 aromatic rings. The number of halogens is 3. The molecule has 0 amide bonds. The fourth-order valence-corrected chi connectivity index (χ4v) is 1.97. The molecular formula is C13H7F3N2S. The highest BCUT2D eigenvalue weighted by atomic mass is 32.1. The summed E-state index contributed by atoms with van der Waals surface area (Å²) in [5, 5.41) is 8.82. The molecule has 0 aliphatic carbocycles. The Morgan fingerprint density at radius 1 is 1.26 bits per heavy atom. The SMILES string of the molecule is N#Cc1c(C(F)F)cc(-c2ccccc2F)[nH]c1=S. The maximum Gasteiger partial charge on any atom is 0.265 e. The molecule has 0 aliphatic rings. The Hall–Kier alpha value is -2.13. The van der Waals surface area contributed by atoms with E-state index in [1.807, 2.05) is 0 Å². The van der Waals surface area contributed by atoms with Crippen LogP contribution in [0.2, 0.25) is 0 Å². The number of rotatable bonds is 2. The Balaban J connectivity index is 2.72. The van der Waals surface area contributed by atoms with Crippen LogP contribution in [-0.2, 0) is 0 Å². The molecule has 2 nitrogen and oxygen atoms in total. The number of benzene rings is 1. The van der Waals surface area contributed by atoms with Crippen molar-refractivity contribution in [3.05, 3.63) is 51.9 Å². The lowest BCUT2D eigenvalue weighted by atomic mass is 10.1. The molecule has 1 heterocycles. The Morgan fingerprint density at radius 2 is 1.95 bits per heavy atom.